The highest BCUT2D eigenvalue weighted by Crippen LogP contribution is 2.35. The molecule has 1 fully saturated rings. The highest BCUT2D eigenvalue weighted by atomic mass is 19.2. The SMILES string of the molecule is CC(=O)N[C@H]1[C@H]([C@H](O)[C@H](O)CO)OC(F)(C(=O)O)C(F)[C@@H]1O. The molecule has 128 valence electrons. The van der Waals surface area contributed by atoms with E-state index >= 15 is 0 Å². The number of amides is 1. The molecule has 0 aromatic carbocycles. The molecule has 0 bridgehead atoms. The predicted octanol–water partition coefficient (Wildman–Crippen LogP) is -2.95. The predicted molar refractivity (Wildman–Crippen MR) is 64.0 cm³/mol. The molecule has 9 nitrogen and oxygen atoms in total. The maximum absolute atomic E-state index is 14.1. The van der Waals surface area contributed by atoms with Crippen LogP contribution in [0.15, 0.2) is 0 Å². The van der Waals surface area contributed by atoms with Gasteiger partial charge in [-0.15, -0.1) is 0 Å². The molecule has 0 saturated carbocycles. The number of carboxylic acids is 1. The van der Waals surface area contributed by atoms with E-state index in [2.05, 4.69) is 4.74 Å². The molecular weight excluding hydrogens is 312 g/mol. The molecule has 1 aliphatic heterocycles. The molecule has 7 atom stereocenters. The van der Waals surface area contributed by atoms with Gasteiger partial charge in [-0.2, -0.15) is 4.39 Å². The fourth-order valence-corrected chi connectivity index (χ4v) is 2.11. The lowest BCUT2D eigenvalue weighted by Crippen LogP contribution is -2.71. The summed E-state index contributed by atoms with van der Waals surface area (Å²) in [4.78, 5) is 21.9. The summed E-state index contributed by atoms with van der Waals surface area (Å²) in [6.45, 7) is -0.0321. The Kier molecular flexibility index (Phi) is 5.76. The maximum Gasteiger partial charge on any atom is 0.372 e. The molecule has 0 aromatic heterocycles. The third-order valence-corrected chi connectivity index (χ3v) is 3.26. The lowest BCUT2D eigenvalue weighted by atomic mass is 9.88. The summed E-state index contributed by atoms with van der Waals surface area (Å²) < 4.78 is 32.3. The minimum Gasteiger partial charge on any atom is -0.477 e. The van der Waals surface area contributed by atoms with Gasteiger partial charge in [0.2, 0.25) is 5.91 Å². The van der Waals surface area contributed by atoms with Gasteiger partial charge in [0.15, 0.2) is 6.17 Å². The second-order valence-electron chi connectivity index (χ2n) is 4.89. The van der Waals surface area contributed by atoms with Crippen molar-refractivity contribution in [2.75, 3.05) is 6.61 Å². The van der Waals surface area contributed by atoms with E-state index in [-0.39, 0.29) is 0 Å². The lowest BCUT2D eigenvalue weighted by Gasteiger charge is -2.45. The first kappa shape index (κ1) is 18.6. The van der Waals surface area contributed by atoms with Gasteiger partial charge < -0.3 is 35.6 Å². The number of rotatable bonds is 5. The molecule has 0 spiro atoms. The summed E-state index contributed by atoms with van der Waals surface area (Å²) >= 11 is 0. The van der Waals surface area contributed by atoms with Crippen molar-refractivity contribution < 1.29 is 48.6 Å². The summed E-state index contributed by atoms with van der Waals surface area (Å²) in [6, 6.07) is -1.74. The molecule has 0 radical (unpaired) electrons. The molecule has 1 amide bonds. The standard InChI is InChI=1S/C11H17F2NO8/c1-3(16)14-5-7(19)9(12)11(13,10(20)21)22-8(5)6(18)4(17)2-15/h4-9,15,17-19H,2H2,1H3,(H,14,16)(H,20,21)/t4-,5-,6-,7-,8-,9?,11?/m1/s1. The average molecular weight is 329 g/mol. The number of aliphatic carboxylic acids is 1. The van der Waals surface area contributed by atoms with E-state index in [0.717, 1.165) is 6.92 Å². The molecule has 1 heterocycles. The van der Waals surface area contributed by atoms with E-state index in [1.807, 2.05) is 5.32 Å². The Bertz CT molecular complexity index is 438. The smallest absolute Gasteiger partial charge is 0.372 e. The van der Waals surface area contributed by atoms with E-state index in [9.17, 15) is 33.7 Å². The van der Waals surface area contributed by atoms with Crippen LogP contribution in [-0.2, 0) is 14.3 Å². The van der Waals surface area contributed by atoms with Crippen LogP contribution in [0, 0.1) is 0 Å². The van der Waals surface area contributed by atoms with Gasteiger partial charge in [-0.25, -0.2) is 9.18 Å². The second kappa shape index (κ2) is 6.79. The van der Waals surface area contributed by atoms with Crippen molar-refractivity contribution in [3.63, 3.8) is 0 Å². The van der Waals surface area contributed by atoms with Crippen LogP contribution in [0.1, 0.15) is 6.92 Å². The highest BCUT2D eigenvalue weighted by molar-refractivity contribution is 5.77. The van der Waals surface area contributed by atoms with Crippen molar-refractivity contribution in [1.29, 1.82) is 0 Å². The normalized spacial score (nSPS) is 38.1. The van der Waals surface area contributed by atoms with Crippen molar-refractivity contribution in [3.8, 4) is 0 Å². The Morgan fingerprint density at radius 3 is 2.36 bits per heavy atom. The maximum atomic E-state index is 14.1. The van der Waals surface area contributed by atoms with Crippen LogP contribution in [0.2, 0.25) is 0 Å². The van der Waals surface area contributed by atoms with Crippen LogP contribution < -0.4 is 5.32 Å². The zero-order valence-corrected chi connectivity index (χ0v) is 11.4. The summed E-state index contributed by atoms with van der Waals surface area (Å²) in [7, 11) is 0. The second-order valence-corrected chi connectivity index (χ2v) is 4.89. The fourth-order valence-electron chi connectivity index (χ4n) is 2.11. The Morgan fingerprint density at radius 1 is 1.41 bits per heavy atom. The first-order chi connectivity index (χ1) is 10.1. The van der Waals surface area contributed by atoms with Crippen LogP contribution in [-0.4, -0.2) is 86.5 Å². The Balaban J connectivity index is 3.19. The number of aliphatic hydroxyl groups is 4. The van der Waals surface area contributed by atoms with Gasteiger partial charge in [0.05, 0.1) is 12.6 Å². The number of carbonyl (C=O) groups excluding carboxylic acids is 1. The minimum absolute atomic E-state index is 0.808. The molecule has 11 heteroatoms. The topological polar surface area (TPSA) is 157 Å². The molecule has 0 aliphatic carbocycles. The number of carbonyl (C=O) groups is 2. The number of halogens is 2. The highest BCUT2D eigenvalue weighted by Gasteiger charge is 2.62. The lowest BCUT2D eigenvalue weighted by molar-refractivity contribution is -0.293. The minimum atomic E-state index is -3.99. The van der Waals surface area contributed by atoms with Crippen LogP contribution in [0.25, 0.3) is 0 Å². The van der Waals surface area contributed by atoms with Crippen LogP contribution in [0.4, 0.5) is 8.78 Å². The molecule has 0 aromatic rings. The molecular formula is C11H17F2NO8. The molecule has 1 rings (SSSR count). The largest absolute Gasteiger partial charge is 0.477 e. The van der Waals surface area contributed by atoms with Gasteiger partial charge in [0, 0.05) is 6.92 Å². The van der Waals surface area contributed by atoms with Crippen LogP contribution in [0.3, 0.4) is 0 Å². The van der Waals surface area contributed by atoms with Gasteiger partial charge in [-0.05, 0) is 0 Å². The van der Waals surface area contributed by atoms with Crippen molar-refractivity contribution in [3.05, 3.63) is 0 Å². The quantitative estimate of drug-likeness (QED) is 0.313. The number of hydrogen-bond acceptors (Lipinski definition) is 7. The summed E-state index contributed by atoms with van der Waals surface area (Å²) in [5.74, 6) is -7.19. The molecule has 6 N–H and O–H groups in total. The zero-order valence-electron chi connectivity index (χ0n) is 11.4. The Labute approximate surface area is 123 Å². The van der Waals surface area contributed by atoms with Crippen LogP contribution >= 0.6 is 0 Å². The number of nitrogens with one attached hydrogen (secondary N) is 1. The zero-order chi connectivity index (χ0) is 17.2. The van der Waals surface area contributed by atoms with Gasteiger partial charge in [-0.1, -0.05) is 0 Å². The molecule has 1 saturated heterocycles. The van der Waals surface area contributed by atoms with Gasteiger partial charge in [0.25, 0.3) is 0 Å². The molecule has 2 unspecified atom stereocenters. The average Bonchev–Trinajstić information content (AvgIpc) is 2.45. The molecule has 22 heavy (non-hydrogen) atoms. The number of hydrogen-bond donors (Lipinski definition) is 6. The number of ether oxygens (including phenoxy) is 1. The summed E-state index contributed by atoms with van der Waals surface area (Å²) in [5, 5.41) is 48.3. The van der Waals surface area contributed by atoms with Crippen molar-refractivity contribution in [1.82, 2.24) is 5.32 Å². The van der Waals surface area contributed by atoms with Crippen molar-refractivity contribution in [2.24, 2.45) is 0 Å². The monoisotopic (exact) mass is 329 g/mol. The summed E-state index contributed by atoms with van der Waals surface area (Å²) in [5.41, 5.74) is 0. The van der Waals surface area contributed by atoms with Gasteiger partial charge >= 0.3 is 11.8 Å². The van der Waals surface area contributed by atoms with Crippen molar-refractivity contribution in [2.45, 2.75) is 49.4 Å². The number of carboxylic acid groups (broad SMARTS) is 1. The Morgan fingerprint density at radius 2 is 1.95 bits per heavy atom. The van der Waals surface area contributed by atoms with Gasteiger partial charge in [0.1, 0.15) is 24.4 Å². The van der Waals surface area contributed by atoms with Gasteiger partial charge in [-0.3, -0.25) is 4.79 Å². The van der Waals surface area contributed by atoms with Crippen molar-refractivity contribution >= 4 is 11.9 Å². The van der Waals surface area contributed by atoms with Crippen LogP contribution in [0.5, 0.6) is 0 Å². The summed E-state index contributed by atoms with van der Waals surface area (Å²) in [6.07, 6.45) is -11.4. The third kappa shape index (κ3) is 3.33. The number of alkyl halides is 2. The van der Waals surface area contributed by atoms with E-state index in [4.69, 9.17) is 10.2 Å². The van der Waals surface area contributed by atoms with E-state index in [0.29, 0.717) is 0 Å². The van der Waals surface area contributed by atoms with E-state index in [1.54, 1.807) is 0 Å². The van der Waals surface area contributed by atoms with E-state index < -0.39 is 61.0 Å². The molecule has 1 aliphatic rings. The Hall–Kier alpha value is -1.40. The first-order valence-electron chi connectivity index (χ1n) is 6.22. The number of aliphatic hydroxyl groups excluding tert-OH is 4. The van der Waals surface area contributed by atoms with E-state index in [1.165, 1.54) is 0 Å². The fraction of sp³-hybridized carbons (Fsp3) is 0.818. The first-order valence-corrected chi connectivity index (χ1v) is 6.22. The third-order valence-electron chi connectivity index (χ3n) is 3.26.